The summed E-state index contributed by atoms with van der Waals surface area (Å²) in [7, 11) is 0. The van der Waals surface area contributed by atoms with Gasteiger partial charge in [-0.3, -0.25) is 4.98 Å². The summed E-state index contributed by atoms with van der Waals surface area (Å²) >= 11 is 0. The number of hydrogen-bond donors (Lipinski definition) is 0. The van der Waals surface area contributed by atoms with E-state index in [1.807, 2.05) is 0 Å². The monoisotopic (exact) mass is 231 g/mol. The minimum absolute atomic E-state index is 0.241. The van der Waals surface area contributed by atoms with Crippen LogP contribution in [0.3, 0.4) is 0 Å². The molecule has 0 aliphatic heterocycles. The summed E-state index contributed by atoms with van der Waals surface area (Å²) in [6.07, 6.45) is 3.69. The maximum Gasteiger partial charge on any atom is 0.0464 e. The van der Waals surface area contributed by atoms with Crippen LogP contribution in [-0.2, 0) is 18.3 Å². The normalized spacial score (nSPS) is 15.5. The first kappa shape index (κ1) is 12.6. The van der Waals surface area contributed by atoms with Crippen molar-refractivity contribution in [3.63, 3.8) is 0 Å². The molecule has 0 atom stereocenters. The molecule has 0 amide bonds. The third-order valence-corrected chi connectivity index (χ3v) is 3.80. The third-order valence-electron chi connectivity index (χ3n) is 3.80. The Bertz CT molecular complexity index is 436. The van der Waals surface area contributed by atoms with Crippen LogP contribution in [0.2, 0.25) is 0 Å². The lowest BCUT2D eigenvalue weighted by Gasteiger charge is -2.27. The molecule has 17 heavy (non-hydrogen) atoms. The number of aromatic nitrogens is 1. The third kappa shape index (κ3) is 2.12. The minimum Gasteiger partial charge on any atom is -0.257 e. The Hall–Kier alpha value is -0.850. The van der Waals surface area contributed by atoms with Crippen molar-refractivity contribution in [2.24, 2.45) is 0 Å². The molecule has 1 nitrogen and oxygen atoms in total. The van der Waals surface area contributed by atoms with Crippen molar-refractivity contribution >= 4 is 0 Å². The molecule has 1 heterocycles. The van der Waals surface area contributed by atoms with Crippen LogP contribution in [0.15, 0.2) is 0 Å². The van der Waals surface area contributed by atoms with Crippen molar-refractivity contribution in [2.75, 3.05) is 0 Å². The van der Waals surface area contributed by atoms with Gasteiger partial charge in [-0.15, -0.1) is 0 Å². The Balaban J connectivity index is 2.71. The predicted molar refractivity (Wildman–Crippen MR) is 73.8 cm³/mol. The van der Waals surface area contributed by atoms with Gasteiger partial charge in [0.05, 0.1) is 0 Å². The van der Waals surface area contributed by atoms with Gasteiger partial charge in [0.15, 0.2) is 0 Å². The minimum atomic E-state index is 0.241. The van der Waals surface area contributed by atoms with Crippen LogP contribution in [-0.4, -0.2) is 4.98 Å². The van der Waals surface area contributed by atoms with E-state index < -0.39 is 0 Å². The molecule has 1 aromatic heterocycles. The molecule has 0 spiro atoms. The van der Waals surface area contributed by atoms with E-state index in [0.717, 1.165) is 0 Å². The maximum absolute atomic E-state index is 4.93. The molecule has 1 aliphatic carbocycles. The fourth-order valence-electron chi connectivity index (χ4n) is 3.28. The van der Waals surface area contributed by atoms with E-state index in [-0.39, 0.29) is 5.41 Å². The number of pyridine rings is 1. The van der Waals surface area contributed by atoms with Crippen LogP contribution >= 0.6 is 0 Å². The summed E-state index contributed by atoms with van der Waals surface area (Å²) in [5.41, 5.74) is 7.50. The standard InChI is InChI=1S/C16H25N/c1-10(2)15-11(3)14(16(4,5)6)12-8-7-9-13(12)17-15/h10H,7-9H2,1-6H3. The van der Waals surface area contributed by atoms with Crippen molar-refractivity contribution in [3.8, 4) is 0 Å². The molecular weight excluding hydrogens is 206 g/mol. The zero-order valence-corrected chi connectivity index (χ0v) is 12.1. The predicted octanol–water partition coefficient (Wildman–Crippen LogP) is 4.30. The smallest absolute Gasteiger partial charge is 0.0464 e. The first-order valence-corrected chi connectivity index (χ1v) is 6.85. The van der Waals surface area contributed by atoms with Gasteiger partial charge in [0, 0.05) is 11.4 Å². The second-order valence-corrected chi connectivity index (χ2v) is 6.68. The van der Waals surface area contributed by atoms with Crippen LogP contribution < -0.4 is 0 Å². The second-order valence-electron chi connectivity index (χ2n) is 6.68. The average molecular weight is 231 g/mol. The summed E-state index contributed by atoms with van der Waals surface area (Å²) < 4.78 is 0. The highest BCUT2D eigenvalue weighted by Gasteiger charge is 2.28. The van der Waals surface area contributed by atoms with Gasteiger partial charge in [-0.1, -0.05) is 34.6 Å². The zero-order chi connectivity index (χ0) is 12.8. The van der Waals surface area contributed by atoms with Crippen molar-refractivity contribution < 1.29 is 0 Å². The van der Waals surface area contributed by atoms with Crippen molar-refractivity contribution in [3.05, 3.63) is 28.1 Å². The van der Waals surface area contributed by atoms with Crippen molar-refractivity contribution in [2.45, 2.75) is 72.1 Å². The van der Waals surface area contributed by atoms with E-state index in [4.69, 9.17) is 4.98 Å². The fourth-order valence-corrected chi connectivity index (χ4v) is 3.28. The number of hydrogen-bond acceptors (Lipinski definition) is 1. The summed E-state index contributed by atoms with van der Waals surface area (Å²) in [6, 6.07) is 0. The Morgan fingerprint density at radius 2 is 1.76 bits per heavy atom. The Kier molecular flexibility index (Phi) is 3.05. The second kappa shape index (κ2) is 4.12. The summed E-state index contributed by atoms with van der Waals surface area (Å²) in [6.45, 7) is 13.8. The molecule has 1 heteroatoms. The number of rotatable bonds is 1. The van der Waals surface area contributed by atoms with E-state index in [0.29, 0.717) is 5.92 Å². The highest BCUT2D eigenvalue weighted by Crippen LogP contribution is 2.37. The summed E-state index contributed by atoms with van der Waals surface area (Å²) in [5, 5.41) is 0. The van der Waals surface area contributed by atoms with E-state index in [1.54, 1.807) is 11.1 Å². The molecule has 0 radical (unpaired) electrons. The van der Waals surface area contributed by atoms with Gasteiger partial charge < -0.3 is 0 Å². The fraction of sp³-hybridized carbons (Fsp3) is 0.688. The van der Waals surface area contributed by atoms with Crippen LogP contribution in [0.4, 0.5) is 0 Å². The molecule has 0 N–H and O–H groups in total. The number of aryl methyl sites for hydroxylation is 1. The molecule has 1 aromatic rings. The van der Waals surface area contributed by atoms with Crippen molar-refractivity contribution in [1.29, 1.82) is 0 Å². The van der Waals surface area contributed by atoms with Crippen LogP contribution in [0.5, 0.6) is 0 Å². The lowest BCUT2D eigenvalue weighted by atomic mass is 9.79. The quantitative estimate of drug-likeness (QED) is 0.702. The lowest BCUT2D eigenvalue weighted by Crippen LogP contribution is -2.19. The van der Waals surface area contributed by atoms with Gasteiger partial charge in [0.2, 0.25) is 0 Å². The summed E-state index contributed by atoms with van der Waals surface area (Å²) in [4.78, 5) is 4.93. The van der Waals surface area contributed by atoms with Crippen LogP contribution in [0.1, 0.15) is 75.0 Å². The van der Waals surface area contributed by atoms with E-state index in [2.05, 4.69) is 41.5 Å². The molecular formula is C16H25N. The summed E-state index contributed by atoms with van der Waals surface area (Å²) in [5.74, 6) is 0.530. The largest absolute Gasteiger partial charge is 0.257 e. The maximum atomic E-state index is 4.93. The first-order valence-electron chi connectivity index (χ1n) is 6.85. The van der Waals surface area contributed by atoms with Crippen LogP contribution in [0.25, 0.3) is 0 Å². The van der Waals surface area contributed by atoms with Gasteiger partial charge in [-0.2, -0.15) is 0 Å². The van der Waals surface area contributed by atoms with Gasteiger partial charge in [0.25, 0.3) is 0 Å². The van der Waals surface area contributed by atoms with Crippen molar-refractivity contribution in [1.82, 2.24) is 4.98 Å². The molecule has 0 aromatic carbocycles. The molecule has 0 unspecified atom stereocenters. The molecule has 0 fully saturated rings. The SMILES string of the molecule is Cc1c(C(C)C)nc2c(c1C(C)(C)C)CCC2. The number of nitrogens with zero attached hydrogens (tertiary/aromatic N) is 1. The highest BCUT2D eigenvalue weighted by molar-refractivity contribution is 5.46. The molecule has 94 valence electrons. The average Bonchev–Trinajstić information content (AvgIpc) is 2.60. The Morgan fingerprint density at radius 3 is 2.29 bits per heavy atom. The number of fused-ring (bicyclic) bond motifs is 1. The van der Waals surface area contributed by atoms with Gasteiger partial charge in [-0.05, 0) is 54.2 Å². The topological polar surface area (TPSA) is 12.9 Å². The Morgan fingerprint density at radius 1 is 1.12 bits per heavy atom. The van der Waals surface area contributed by atoms with E-state index in [9.17, 15) is 0 Å². The molecule has 2 rings (SSSR count). The lowest BCUT2D eigenvalue weighted by molar-refractivity contribution is 0.574. The van der Waals surface area contributed by atoms with Crippen LogP contribution in [0, 0.1) is 6.92 Å². The van der Waals surface area contributed by atoms with E-state index >= 15 is 0 Å². The van der Waals surface area contributed by atoms with Gasteiger partial charge in [0.1, 0.15) is 0 Å². The Labute approximate surface area is 106 Å². The molecule has 1 aliphatic rings. The highest BCUT2D eigenvalue weighted by atomic mass is 14.7. The zero-order valence-electron chi connectivity index (χ0n) is 12.1. The molecule has 0 saturated carbocycles. The van der Waals surface area contributed by atoms with E-state index in [1.165, 1.54) is 36.2 Å². The van der Waals surface area contributed by atoms with Gasteiger partial charge >= 0.3 is 0 Å². The molecule has 0 saturated heterocycles. The molecule has 0 bridgehead atoms. The first-order chi connectivity index (χ1) is 7.82. The van der Waals surface area contributed by atoms with Gasteiger partial charge in [-0.25, -0.2) is 0 Å².